The molecule has 12 heteroatoms. The molecule has 5 rings (SSSR count). The Labute approximate surface area is 220 Å². The van der Waals surface area contributed by atoms with Gasteiger partial charge in [-0.25, -0.2) is 19.7 Å². The number of morpholine rings is 1. The summed E-state index contributed by atoms with van der Waals surface area (Å²) < 4.78 is 11.0. The van der Waals surface area contributed by atoms with Gasteiger partial charge in [-0.1, -0.05) is 11.3 Å². The molecule has 0 radical (unpaired) electrons. The Morgan fingerprint density at radius 2 is 1.95 bits per heavy atom. The van der Waals surface area contributed by atoms with Gasteiger partial charge in [-0.2, -0.15) is 4.98 Å². The van der Waals surface area contributed by atoms with Crippen LogP contribution in [0.2, 0.25) is 0 Å². The highest BCUT2D eigenvalue weighted by Gasteiger charge is 2.27. The zero-order valence-corrected chi connectivity index (χ0v) is 22.4. The fraction of sp³-hybridized carbons (Fsp3) is 0.560. The first-order valence-electron chi connectivity index (χ1n) is 12.7. The maximum atomic E-state index is 12.4. The van der Waals surface area contributed by atoms with Gasteiger partial charge in [0.15, 0.2) is 5.13 Å². The lowest BCUT2D eigenvalue weighted by atomic mass is 10.1. The third-order valence-corrected chi connectivity index (χ3v) is 7.04. The molecule has 0 unspecified atom stereocenters. The molecule has 2 aliphatic rings. The number of nitrogens with one attached hydrogen (secondary N) is 2. The predicted octanol–water partition coefficient (Wildman–Crippen LogP) is 3.87. The van der Waals surface area contributed by atoms with Crippen LogP contribution in [-0.2, 0) is 16.0 Å². The van der Waals surface area contributed by atoms with Crippen LogP contribution in [0.1, 0.15) is 39.3 Å². The number of aromatic nitrogens is 4. The van der Waals surface area contributed by atoms with Crippen LogP contribution < -0.4 is 10.6 Å². The lowest BCUT2D eigenvalue weighted by molar-refractivity contribution is 0.0210. The average Bonchev–Trinajstić information content (AvgIpc) is 3.26. The van der Waals surface area contributed by atoms with E-state index in [2.05, 4.69) is 25.5 Å². The smallest absolute Gasteiger partial charge is 0.410 e. The summed E-state index contributed by atoms with van der Waals surface area (Å²) in [5.74, 6) is 1.26. The lowest BCUT2D eigenvalue weighted by Crippen LogP contribution is -2.44. The van der Waals surface area contributed by atoms with Crippen molar-refractivity contribution >= 4 is 44.7 Å². The van der Waals surface area contributed by atoms with E-state index in [0.717, 1.165) is 60.3 Å². The van der Waals surface area contributed by atoms with Crippen molar-refractivity contribution < 1.29 is 14.3 Å². The number of pyridine rings is 1. The Morgan fingerprint density at radius 3 is 2.68 bits per heavy atom. The number of hydrogen-bond acceptors (Lipinski definition) is 11. The molecule has 5 heterocycles. The summed E-state index contributed by atoms with van der Waals surface area (Å²) in [5.41, 5.74) is 1.28. The first kappa shape index (κ1) is 25.6. The first-order valence-corrected chi connectivity index (χ1v) is 13.5. The summed E-state index contributed by atoms with van der Waals surface area (Å²) in [6.45, 7) is 10.9. The number of likely N-dealkylation sites (tertiary alicyclic amines) is 1. The fourth-order valence-electron chi connectivity index (χ4n) is 4.34. The monoisotopic (exact) mass is 526 g/mol. The number of amides is 1. The molecule has 1 amide bonds. The Morgan fingerprint density at radius 1 is 1.16 bits per heavy atom. The summed E-state index contributed by atoms with van der Waals surface area (Å²) in [7, 11) is 0. The second-order valence-electron chi connectivity index (χ2n) is 10.3. The predicted molar refractivity (Wildman–Crippen MR) is 143 cm³/mol. The molecule has 0 aromatic carbocycles. The molecule has 198 valence electrons. The Bertz CT molecular complexity index is 1180. The van der Waals surface area contributed by atoms with Crippen molar-refractivity contribution in [1.29, 1.82) is 0 Å². The normalized spacial score (nSPS) is 17.6. The van der Waals surface area contributed by atoms with Gasteiger partial charge in [0.1, 0.15) is 21.8 Å². The summed E-state index contributed by atoms with van der Waals surface area (Å²) in [4.78, 5) is 36.0. The van der Waals surface area contributed by atoms with E-state index in [-0.39, 0.29) is 12.1 Å². The van der Waals surface area contributed by atoms with Crippen molar-refractivity contribution in [3.63, 3.8) is 0 Å². The zero-order chi connectivity index (χ0) is 25.8. The number of carbonyl (C=O) groups excluding carboxylic acids is 1. The fourth-order valence-corrected chi connectivity index (χ4v) is 5.16. The molecular formula is C25H34N8O3S. The highest BCUT2D eigenvalue weighted by molar-refractivity contribution is 7.21. The number of nitrogens with zero attached hydrogens (tertiary/aromatic N) is 6. The second kappa shape index (κ2) is 11.1. The van der Waals surface area contributed by atoms with Gasteiger partial charge in [-0.05, 0) is 45.7 Å². The van der Waals surface area contributed by atoms with Gasteiger partial charge in [0.2, 0.25) is 5.95 Å². The Balaban J connectivity index is 1.28. The maximum absolute atomic E-state index is 12.4. The molecule has 37 heavy (non-hydrogen) atoms. The van der Waals surface area contributed by atoms with Crippen LogP contribution in [-0.4, -0.2) is 86.9 Å². The molecule has 0 atom stereocenters. The van der Waals surface area contributed by atoms with Crippen molar-refractivity contribution in [2.24, 2.45) is 0 Å². The molecule has 0 saturated carbocycles. The molecule has 11 nitrogen and oxygen atoms in total. The highest BCUT2D eigenvalue weighted by atomic mass is 32.1. The lowest BCUT2D eigenvalue weighted by Gasteiger charge is -2.33. The van der Waals surface area contributed by atoms with Crippen LogP contribution >= 0.6 is 11.3 Å². The van der Waals surface area contributed by atoms with E-state index >= 15 is 0 Å². The second-order valence-corrected chi connectivity index (χ2v) is 11.3. The number of ether oxygens (including phenoxy) is 2. The van der Waals surface area contributed by atoms with Gasteiger partial charge in [0.05, 0.1) is 18.9 Å². The molecule has 0 aliphatic carbocycles. The van der Waals surface area contributed by atoms with E-state index in [1.807, 2.05) is 39.0 Å². The van der Waals surface area contributed by atoms with Gasteiger partial charge in [0.25, 0.3) is 0 Å². The van der Waals surface area contributed by atoms with Gasteiger partial charge >= 0.3 is 6.09 Å². The zero-order valence-electron chi connectivity index (χ0n) is 21.6. The number of rotatable bonds is 6. The molecule has 3 aromatic heterocycles. The largest absolute Gasteiger partial charge is 0.444 e. The first-order chi connectivity index (χ1) is 17.8. The molecule has 2 saturated heterocycles. The average molecular weight is 527 g/mol. The van der Waals surface area contributed by atoms with Crippen molar-refractivity contribution in [2.45, 2.75) is 51.8 Å². The number of piperidine rings is 1. The van der Waals surface area contributed by atoms with E-state index in [9.17, 15) is 4.79 Å². The van der Waals surface area contributed by atoms with E-state index in [1.165, 1.54) is 11.3 Å². The SMILES string of the molecule is CC(C)(C)OC(=O)N1CCC(Nc2nc(CN3CCOCC3)cc(Nc3nc4cccnc4s3)n2)CC1. The van der Waals surface area contributed by atoms with E-state index in [4.69, 9.17) is 19.4 Å². The van der Waals surface area contributed by atoms with E-state index in [1.54, 1.807) is 11.1 Å². The summed E-state index contributed by atoms with van der Waals surface area (Å²) in [6, 6.07) is 5.97. The minimum atomic E-state index is -0.496. The van der Waals surface area contributed by atoms with Crippen LogP contribution in [0.3, 0.4) is 0 Å². The molecule has 0 spiro atoms. The van der Waals surface area contributed by atoms with Crippen LogP contribution in [0, 0.1) is 0 Å². The van der Waals surface area contributed by atoms with Gasteiger partial charge in [-0.3, -0.25) is 4.90 Å². The van der Waals surface area contributed by atoms with Crippen LogP contribution in [0.25, 0.3) is 10.3 Å². The maximum Gasteiger partial charge on any atom is 0.410 e. The molecule has 2 aliphatic heterocycles. The highest BCUT2D eigenvalue weighted by Crippen LogP contribution is 2.27. The molecule has 3 aromatic rings. The van der Waals surface area contributed by atoms with E-state index in [0.29, 0.717) is 31.4 Å². The number of fused-ring (bicyclic) bond motifs is 1. The van der Waals surface area contributed by atoms with Gasteiger partial charge in [-0.15, -0.1) is 0 Å². The third-order valence-electron chi connectivity index (χ3n) is 6.15. The van der Waals surface area contributed by atoms with Crippen LogP contribution in [0.5, 0.6) is 0 Å². The van der Waals surface area contributed by atoms with Crippen molar-refractivity contribution in [1.82, 2.24) is 29.7 Å². The molecule has 0 bridgehead atoms. The van der Waals surface area contributed by atoms with Crippen molar-refractivity contribution in [2.75, 3.05) is 50.0 Å². The van der Waals surface area contributed by atoms with Crippen molar-refractivity contribution in [3.8, 4) is 0 Å². The Hall–Kier alpha value is -3.09. The summed E-state index contributed by atoms with van der Waals surface area (Å²) in [5, 5.41) is 7.60. The molecule has 2 fully saturated rings. The van der Waals surface area contributed by atoms with Crippen molar-refractivity contribution in [3.05, 3.63) is 30.1 Å². The Kier molecular flexibility index (Phi) is 7.68. The summed E-state index contributed by atoms with van der Waals surface area (Å²) in [6.07, 6.45) is 3.10. The molecular weight excluding hydrogens is 492 g/mol. The van der Waals surface area contributed by atoms with Gasteiger partial charge in [0, 0.05) is 51.0 Å². The van der Waals surface area contributed by atoms with Gasteiger partial charge < -0.3 is 25.0 Å². The number of hydrogen-bond donors (Lipinski definition) is 2. The number of thiazole rings is 1. The number of carbonyl (C=O) groups is 1. The standard InChI is InChI=1S/C25H34N8O3S/c1-25(2,3)36-24(34)33-9-6-17(7-10-33)27-22-28-18(16-32-11-13-35-14-12-32)15-20(30-22)31-23-29-19-5-4-8-26-21(19)37-23/h4-5,8,15,17H,6-7,9-14,16H2,1-3H3,(H2,27,28,29,30,31). The third kappa shape index (κ3) is 7.02. The van der Waals surface area contributed by atoms with Crippen LogP contribution in [0.15, 0.2) is 24.4 Å². The quantitative estimate of drug-likeness (QED) is 0.490. The molecule has 2 N–H and O–H groups in total. The van der Waals surface area contributed by atoms with Crippen LogP contribution in [0.4, 0.5) is 21.7 Å². The number of anilines is 3. The van der Waals surface area contributed by atoms with E-state index < -0.39 is 5.60 Å². The summed E-state index contributed by atoms with van der Waals surface area (Å²) >= 11 is 1.49. The minimum Gasteiger partial charge on any atom is -0.444 e. The minimum absolute atomic E-state index is 0.164. The topological polar surface area (TPSA) is 118 Å².